The third kappa shape index (κ3) is 6.73. The topological polar surface area (TPSA) is 3.24 Å². The number of anilines is 3. The van der Waals surface area contributed by atoms with Gasteiger partial charge in [0.25, 0.3) is 0 Å². The molecule has 0 unspecified atom stereocenters. The predicted molar refractivity (Wildman–Crippen MR) is 278 cm³/mol. The van der Waals surface area contributed by atoms with Gasteiger partial charge in [0, 0.05) is 17.1 Å². The van der Waals surface area contributed by atoms with Crippen molar-refractivity contribution in [2.24, 2.45) is 0 Å². The van der Waals surface area contributed by atoms with Crippen LogP contribution in [0.4, 0.5) is 17.1 Å². The largest absolute Gasteiger partial charge is 0.310 e. The maximum atomic E-state index is 2.45. The number of fused-ring (bicyclic) bond motifs is 4. The lowest BCUT2D eigenvalue weighted by atomic mass is 9.67. The van der Waals surface area contributed by atoms with Gasteiger partial charge in [0.2, 0.25) is 0 Å². The van der Waals surface area contributed by atoms with Crippen LogP contribution >= 0.6 is 0 Å². The van der Waals surface area contributed by atoms with E-state index in [2.05, 4.69) is 278 Å². The summed E-state index contributed by atoms with van der Waals surface area (Å²) in [7, 11) is 0. The fourth-order valence-electron chi connectivity index (χ4n) is 10.5. The van der Waals surface area contributed by atoms with Crippen LogP contribution in [0, 0.1) is 0 Å². The molecular formula is C65H45N. The van der Waals surface area contributed by atoms with Gasteiger partial charge in [0.15, 0.2) is 0 Å². The highest BCUT2D eigenvalue weighted by atomic mass is 15.1. The van der Waals surface area contributed by atoms with E-state index in [0.717, 1.165) is 17.1 Å². The zero-order valence-electron chi connectivity index (χ0n) is 36.4. The predicted octanol–water partition coefficient (Wildman–Crippen LogP) is 17.3. The quantitative estimate of drug-likeness (QED) is 0.140. The number of hydrogen-bond donors (Lipinski definition) is 0. The molecule has 11 aromatic carbocycles. The van der Waals surface area contributed by atoms with Gasteiger partial charge in [0.1, 0.15) is 0 Å². The molecule has 0 amide bonds. The molecule has 1 nitrogen and oxygen atoms in total. The molecule has 0 aromatic heterocycles. The molecule has 1 aliphatic rings. The van der Waals surface area contributed by atoms with Gasteiger partial charge in [-0.1, -0.05) is 231 Å². The second-order valence-electron chi connectivity index (χ2n) is 17.2. The van der Waals surface area contributed by atoms with Gasteiger partial charge < -0.3 is 4.90 Å². The van der Waals surface area contributed by atoms with Gasteiger partial charge in [-0.25, -0.2) is 0 Å². The van der Waals surface area contributed by atoms with E-state index < -0.39 is 5.41 Å². The average Bonchev–Trinajstić information content (AvgIpc) is 3.70. The van der Waals surface area contributed by atoms with Crippen molar-refractivity contribution in [3.63, 3.8) is 0 Å². The van der Waals surface area contributed by atoms with E-state index in [4.69, 9.17) is 0 Å². The Morgan fingerprint density at radius 1 is 0.242 bits per heavy atom. The highest BCUT2D eigenvalue weighted by Gasteiger charge is 2.46. The van der Waals surface area contributed by atoms with E-state index in [0.29, 0.717) is 0 Å². The first-order chi connectivity index (χ1) is 32.7. The lowest BCUT2D eigenvalue weighted by Crippen LogP contribution is -2.28. The molecule has 0 saturated carbocycles. The summed E-state index contributed by atoms with van der Waals surface area (Å²) in [5, 5.41) is 2.51. The molecule has 1 heteroatoms. The van der Waals surface area contributed by atoms with Crippen molar-refractivity contribution in [2.45, 2.75) is 5.41 Å². The van der Waals surface area contributed by atoms with E-state index in [1.165, 1.54) is 88.7 Å². The second-order valence-corrected chi connectivity index (χ2v) is 17.2. The van der Waals surface area contributed by atoms with Crippen molar-refractivity contribution in [1.29, 1.82) is 0 Å². The molecule has 0 fully saturated rings. The molecule has 0 heterocycles. The smallest absolute Gasteiger partial charge is 0.0714 e. The molecule has 0 radical (unpaired) electrons. The zero-order chi connectivity index (χ0) is 43.9. The highest BCUT2D eigenvalue weighted by Crippen LogP contribution is 2.57. The summed E-state index contributed by atoms with van der Waals surface area (Å²) in [5.74, 6) is 0. The summed E-state index contributed by atoms with van der Waals surface area (Å²) < 4.78 is 0. The van der Waals surface area contributed by atoms with Crippen LogP contribution in [0.15, 0.2) is 273 Å². The summed E-state index contributed by atoms with van der Waals surface area (Å²) in [6, 6.07) is 100.0. The normalized spacial score (nSPS) is 12.4. The van der Waals surface area contributed by atoms with Gasteiger partial charge in [-0.2, -0.15) is 0 Å². The van der Waals surface area contributed by atoms with Crippen LogP contribution < -0.4 is 4.90 Å². The zero-order valence-corrected chi connectivity index (χ0v) is 36.4. The maximum Gasteiger partial charge on any atom is 0.0714 e. The molecule has 66 heavy (non-hydrogen) atoms. The minimum absolute atomic E-state index is 0.509. The van der Waals surface area contributed by atoms with Crippen LogP contribution in [0.2, 0.25) is 0 Å². The van der Waals surface area contributed by atoms with Crippen molar-refractivity contribution in [3.05, 3.63) is 295 Å². The molecule has 310 valence electrons. The van der Waals surface area contributed by atoms with E-state index in [1.807, 2.05) is 0 Å². The van der Waals surface area contributed by atoms with Gasteiger partial charge in [-0.05, 0) is 131 Å². The van der Waals surface area contributed by atoms with E-state index in [9.17, 15) is 0 Å². The van der Waals surface area contributed by atoms with Crippen LogP contribution in [0.25, 0.3) is 66.4 Å². The molecule has 0 spiro atoms. The highest BCUT2D eigenvalue weighted by molar-refractivity contribution is 5.97. The van der Waals surface area contributed by atoms with E-state index >= 15 is 0 Å². The Bertz CT molecular complexity index is 3440. The fraction of sp³-hybridized carbons (Fsp3) is 0.0154. The Morgan fingerprint density at radius 3 is 1.32 bits per heavy atom. The number of rotatable bonds is 9. The SMILES string of the molecule is c1ccc(-c2ccc(-c3ccc(N(c4ccc(-c5cccc(-c6cccc7ccccc67)c5)cc4)c4ccc5c(c4)C(c4ccccc4)(c4ccccc4)c4ccccc4-5)cc3)cc2)cc1. The third-order valence-corrected chi connectivity index (χ3v) is 13.6. The van der Waals surface area contributed by atoms with Crippen LogP contribution in [0.3, 0.4) is 0 Å². The third-order valence-electron chi connectivity index (χ3n) is 13.6. The van der Waals surface area contributed by atoms with Crippen LogP contribution in [-0.2, 0) is 5.41 Å². The van der Waals surface area contributed by atoms with Gasteiger partial charge in [-0.15, -0.1) is 0 Å². The summed E-state index contributed by atoms with van der Waals surface area (Å²) >= 11 is 0. The van der Waals surface area contributed by atoms with Crippen LogP contribution in [0.1, 0.15) is 22.3 Å². The lowest BCUT2D eigenvalue weighted by molar-refractivity contribution is 0.768. The Morgan fingerprint density at radius 2 is 0.667 bits per heavy atom. The van der Waals surface area contributed by atoms with Gasteiger partial charge in [-0.3, -0.25) is 0 Å². The van der Waals surface area contributed by atoms with E-state index in [-0.39, 0.29) is 0 Å². The first-order valence-electron chi connectivity index (χ1n) is 22.8. The molecule has 0 saturated heterocycles. The summed E-state index contributed by atoms with van der Waals surface area (Å²) in [6.45, 7) is 0. The van der Waals surface area contributed by atoms with Crippen molar-refractivity contribution in [3.8, 4) is 55.6 Å². The molecule has 0 aliphatic heterocycles. The van der Waals surface area contributed by atoms with Gasteiger partial charge >= 0.3 is 0 Å². The summed E-state index contributed by atoms with van der Waals surface area (Å²) in [4.78, 5) is 2.42. The molecular weight excluding hydrogens is 795 g/mol. The van der Waals surface area contributed by atoms with Crippen molar-refractivity contribution < 1.29 is 0 Å². The van der Waals surface area contributed by atoms with Crippen molar-refractivity contribution in [1.82, 2.24) is 0 Å². The number of hydrogen-bond acceptors (Lipinski definition) is 1. The second kappa shape index (κ2) is 16.6. The Kier molecular flexibility index (Phi) is 9.81. The van der Waals surface area contributed by atoms with Crippen LogP contribution in [-0.4, -0.2) is 0 Å². The van der Waals surface area contributed by atoms with Crippen molar-refractivity contribution >= 4 is 27.8 Å². The average molecular weight is 840 g/mol. The monoisotopic (exact) mass is 839 g/mol. The molecule has 0 N–H and O–H groups in total. The summed E-state index contributed by atoms with van der Waals surface area (Å²) in [5.41, 5.74) is 20.0. The maximum absolute atomic E-state index is 2.45. The minimum atomic E-state index is -0.509. The van der Waals surface area contributed by atoms with E-state index in [1.54, 1.807) is 0 Å². The number of nitrogens with zero attached hydrogens (tertiary/aromatic N) is 1. The fourth-order valence-corrected chi connectivity index (χ4v) is 10.5. The first-order valence-corrected chi connectivity index (χ1v) is 22.8. The molecule has 0 atom stereocenters. The lowest BCUT2D eigenvalue weighted by Gasteiger charge is -2.35. The van der Waals surface area contributed by atoms with Crippen molar-refractivity contribution in [2.75, 3.05) is 4.90 Å². The Balaban J connectivity index is 0.984. The number of benzene rings is 11. The Labute approximate surface area is 387 Å². The minimum Gasteiger partial charge on any atom is -0.310 e. The Hall–Kier alpha value is -8.52. The molecule has 12 rings (SSSR count). The molecule has 0 bridgehead atoms. The first kappa shape index (κ1) is 39.1. The van der Waals surface area contributed by atoms with Crippen LogP contribution in [0.5, 0.6) is 0 Å². The standard InChI is InChI=1S/C65H45N/c1-4-16-46(17-5-1)47-30-32-48(33-31-47)49-34-38-56(39-35-49)66(57-40-36-50(37-41-57)52-20-14-21-53(44-52)60-28-15-19-51-18-10-11-26-59(51)60)58-42-43-62-61-27-12-13-29-63(61)65(64(62)45-58,54-22-6-2-7-23-54)55-24-8-3-9-25-55/h1-45H. The molecule has 1 aliphatic carbocycles. The molecule has 11 aromatic rings. The van der Waals surface area contributed by atoms with Gasteiger partial charge in [0.05, 0.1) is 5.41 Å². The summed E-state index contributed by atoms with van der Waals surface area (Å²) in [6.07, 6.45) is 0.